The highest BCUT2D eigenvalue weighted by Gasteiger charge is 2.65. The van der Waals surface area contributed by atoms with Crippen molar-refractivity contribution in [3.63, 3.8) is 0 Å². The van der Waals surface area contributed by atoms with Gasteiger partial charge in [-0.05, 0) is 0 Å². The fourth-order valence-electron chi connectivity index (χ4n) is 1.12. The molecule has 0 bridgehead atoms. The molecule has 0 aliphatic rings. The van der Waals surface area contributed by atoms with Crippen LogP contribution in [0.2, 0.25) is 0 Å². The number of nitrogens with one attached hydrogen (secondary N) is 1. The number of sulfone groups is 1. The van der Waals surface area contributed by atoms with E-state index in [1.807, 2.05) is 0 Å². The average Bonchev–Trinajstić information content (AvgIpc) is 2.20. The van der Waals surface area contributed by atoms with E-state index in [2.05, 4.69) is 10.9 Å². The van der Waals surface area contributed by atoms with Crippen molar-refractivity contribution >= 4 is 32.0 Å². The zero-order valence-electron chi connectivity index (χ0n) is 10.1. The summed E-state index contributed by atoms with van der Waals surface area (Å²) in [5.41, 5.74) is 4.54. The molecule has 5 N–H and O–H groups in total. The predicted molar refractivity (Wildman–Crippen MR) is 62.9 cm³/mol. The summed E-state index contributed by atoms with van der Waals surface area (Å²) in [4.78, 5) is 27.9. The van der Waals surface area contributed by atoms with E-state index < -0.39 is 46.2 Å². The second-order valence-corrected chi connectivity index (χ2v) is 6.89. The van der Waals surface area contributed by atoms with Gasteiger partial charge in [0.05, 0.1) is 4.92 Å². The maximum absolute atomic E-state index is 11.9. The molecular weight excluding hydrogens is 336 g/mol. The van der Waals surface area contributed by atoms with Crippen molar-refractivity contribution in [2.45, 2.75) is 4.99 Å². The van der Waals surface area contributed by atoms with Crippen LogP contribution in [-0.4, -0.2) is 49.3 Å². The summed E-state index contributed by atoms with van der Waals surface area (Å²) in [6.45, 7) is 0. The summed E-state index contributed by atoms with van der Waals surface area (Å²) in [5, 5.41) is 24.8. The van der Waals surface area contributed by atoms with Crippen LogP contribution in [0.5, 0.6) is 0 Å². The second kappa shape index (κ2) is 5.47. The molecule has 0 heterocycles. The molecule has 16 heteroatoms. The van der Waals surface area contributed by atoms with Gasteiger partial charge < -0.3 is 5.73 Å². The van der Waals surface area contributed by atoms with Gasteiger partial charge in [-0.25, -0.2) is 23.7 Å². The second-order valence-electron chi connectivity index (χ2n) is 3.36. The average molecular weight is 344 g/mol. The van der Waals surface area contributed by atoms with Crippen LogP contribution in [0.25, 0.3) is 0 Å². The lowest BCUT2D eigenvalue weighted by Crippen LogP contribution is -2.68. The van der Waals surface area contributed by atoms with Crippen LogP contribution in [0, 0.1) is 21.6 Å². The Morgan fingerprint density at radius 3 is 2.00 bits per heavy atom. The zero-order chi connectivity index (χ0) is 17.2. The molecule has 3 amide bonds. The van der Waals surface area contributed by atoms with E-state index in [1.165, 1.54) is 0 Å². The van der Waals surface area contributed by atoms with Crippen LogP contribution in [0.4, 0.5) is 4.79 Å². The van der Waals surface area contributed by atoms with Crippen molar-refractivity contribution in [3.05, 3.63) is 10.1 Å². The van der Waals surface area contributed by atoms with E-state index >= 15 is 0 Å². The monoisotopic (exact) mass is 344 g/mol. The number of carbonyl (C=O) groups is 2. The van der Waals surface area contributed by atoms with Crippen LogP contribution < -0.4 is 16.2 Å². The molecule has 0 saturated heterocycles. The van der Waals surface area contributed by atoms with Gasteiger partial charge in [0.2, 0.25) is 9.84 Å². The van der Waals surface area contributed by atoms with Crippen molar-refractivity contribution in [1.29, 1.82) is 5.26 Å². The number of nitro groups is 1. The van der Waals surface area contributed by atoms with Gasteiger partial charge in [0.1, 0.15) is 0 Å². The third kappa shape index (κ3) is 3.15. The van der Waals surface area contributed by atoms with E-state index in [1.54, 1.807) is 0 Å². The molecule has 0 aromatic heterocycles. The van der Waals surface area contributed by atoms with Crippen LogP contribution >= 0.6 is 0 Å². The van der Waals surface area contributed by atoms with Crippen LogP contribution in [0.15, 0.2) is 0 Å². The lowest BCUT2D eigenvalue weighted by Gasteiger charge is -2.24. The molecule has 0 aliphatic carbocycles. The summed E-state index contributed by atoms with van der Waals surface area (Å²) in [7, 11) is -10.3. The number of rotatable bonds is 5. The molecule has 0 aliphatic heterocycles. The van der Waals surface area contributed by atoms with Gasteiger partial charge in [-0.1, -0.05) is 0 Å². The highest BCUT2D eigenvalue weighted by molar-refractivity contribution is 7.93. The fraction of sp³-hybridized carbons (Fsp3) is 0.400. The van der Waals surface area contributed by atoms with E-state index in [4.69, 9.17) is 5.26 Å². The Labute approximate surface area is 117 Å². The minimum atomic E-state index is -5.27. The van der Waals surface area contributed by atoms with Crippen molar-refractivity contribution in [1.82, 2.24) is 9.62 Å². The summed E-state index contributed by atoms with van der Waals surface area (Å²) in [6, 6.07) is -2.10. The molecular formula is C5H8N6O8S2. The first-order valence-electron chi connectivity index (χ1n) is 4.40. The highest BCUT2D eigenvalue weighted by Crippen LogP contribution is 2.19. The summed E-state index contributed by atoms with van der Waals surface area (Å²) in [5.74, 6) is -2.48. The number of hydrogen-bond donors (Lipinski definition) is 3. The topological polar surface area (TPSA) is 237 Å². The lowest BCUT2D eigenvalue weighted by molar-refractivity contribution is -0.530. The number of nitriles is 1. The van der Waals surface area contributed by atoms with Crippen LogP contribution in [0.1, 0.15) is 0 Å². The molecule has 0 saturated carbocycles. The molecule has 0 aromatic carbocycles. The standard InChI is InChI=1S/C5H8N6O8S2/c1-20(16,17)5(9-2-6,11(14)15)3(12)10(4(7)13)21(8,18)19/h9H,1H3,(H2,7,13)(H2,8,18,19). The smallest absolute Gasteiger partial charge is 0.350 e. The first-order chi connectivity index (χ1) is 9.23. The Bertz CT molecular complexity index is 734. The number of nitrogens with zero attached hydrogens (tertiary/aromatic N) is 3. The van der Waals surface area contributed by atoms with Gasteiger partial charge in [0, 0.05) is 6.26 Å². The third-order valence-corrected chi connectivity index (χ3v) is 4.30. The Morgan fingerprint density at radius 2 is 1.81 bits per heavy atom. The molecule has 0 spiro atoms. The third-order valence-electron chi connectivity index (χ3n) is 1.95. The molecule has 21 heavy (non-hydrogen) atoms. The van der Waals surface area contributed by atoms with E-state index in [0.717, 1.165) is 11.5 Å². The molecule has 0 aromatic rings. The number of nitrogens with two attached hydrogens (primary N) is 2. The zero-order valence-corrected chi connectivity index (χ0v) is 11.7. The molecule has 0 rings (SSSR count). The van der Waals surface area contributed by atoms with Gasteiger partial charge in [0.25, 0.3) is 0 Å². The Hall–Kier alpha value is -2.51. The number of imide groups is 1. The first-order valence-corrected chi connectivity index (χ1v) is 7.80. The number of urea groups is 1. The minimum Gasteiger partial charge on any atom is -0.350 e. The number of hydrogen-bond acceptors (Lipinski definition) is 10. The lowest BCUT2D eigenvalue weighted by atomic mass is 10.4. The largest absolute Gasteiger partial charge is 0.481 e. The van der Waals surface area contributed by atoms with Gasteiger partial charge in [-0.3, -0.25) is 14.9 Å². The number of amides is 3. The Morgan fingerprint density at radius 1 is 1.38 bits per heavy atom. The SMILES string of the molecule is CS(=O)(=O)C(NC#N)(C(=O)N(C(N)=O)S(N)(=O)=O)[N+](=O)[O-]. The maximum Gasteiger partial charge on any atom is 0.481 e. The van der Waals surface area contributed by atoms with Gasteiger partial charge in [0.15, 0.2) is 6.19 Å². The molecule has 118 valence electrons. The Balaban J connectivity index is 6.61. The number of primary amides is 1. The van der Waals surface area contributed by atoms with E-state index in [-0.39, 0.29) is 6.26 Å². The molecule has 1 unspecified atom stereocenters. The highest BCUT2D eigenvalue weighted by atomic mass is 32.2. The normalized spacial score (nSPS) is 14.3. The first kappa shape index (κ1) is 18.5. The minimum absolute atomic E-state index is 0.153. The molecule has 0 fully saturated rings. The van der Waals surface area contributed by atoms with Crippen molar-refractivity contribution < 1.29 is 31.3 Å². The van der Waals surface area contributed by atoms with Crippen LogP contribution in [0.3, 0.4) is 0 Å². The summed E-state index contributed by atoms with van der Waals surface area (Å²) in [6.07, 6.45) is 0.970. The maximum atomic E-state index is 11.9. The Kier molecular flexibility index (Phi) is 4.82. The van der Waals surface area contributed by atoms with Crippen LogP contribution in [-0.2, 0) is 24.8 Å². The van der Waals surface area contributed by atoms with Gasteiger partial charge >= 0.3 is 27.1 Å². The summed E-state index contributed by atoms with van der Waals surface area (Å²) >= 11 is 0. The van der Waals surface area contributed by atoms with E-state index in [9.17, 15) is 36.5 Å². The fourth-order valence-corrected chi connectivity index (χ4v) is 2.70. The van der Waals surface area contributed by atoms with Gasteiger partial charge in [-0.2, -0.15) is 13.7 Å². The van der Waals surface area contributed by atoms with Crippen molar-refractivity contribution in [2.75, 3.05) is 6.26 Å². The predicted octanol–water partition coefficient (Wildman–Crippen LogP) is -3.86. The van der Waals surface area contributed by atoms with Gasteiger partial charge in [-0.15, -0.1) is 4.31 Å². The summed E-state index contributed by atoms with van der Waals surface area (Å²) < 4.78 is 44.1. The van der Waals surface area contributed by atoms with E-state index in [0.29, 0.717) is 0 Å². The van der Waals surface area contributed by atoms with Crippen molar-refractivity contribution in [2.24, 2.45) is 10.9 Å². The quantitative estimate of drug-likeness (QED) is 0.144. The molecule has 14 nitrogen and oxygen atoms in total. The van der Waals surface area contributed by atoms with Crippen molar-refractivity contribution in [3.8, 4) is 6.19 Å². The molecule has 0 radical (unpaired) electrons. The molecule has 1 atom stereocenters. The number of carbonyl (C=O) groups excluding carboxylic acids is 2.